The molecule has 5 nitrogen and oxygen atoms in total. The largest absolute Gasteiger partial charge is 0.497 e. The number of nitrogens with zero attached hydrogens (tertiary/aromatic N) is 4. The number of ether oxygens (including phenoxy) is 1. The van der Waals surface area contributed by atoms with Crippen molar-refractivity contribution in [3.63, 3.8) is 0 Å². The van der Waals surface area contributed by atoms with Crippen LogP contribution in [0.4, 0.5) is 0 Å². The minimum atomic E-state index is -0.151. The molecule has 0 aliphatic carbocycles. The lowest BCUT2D eigenvalue weighted by atomic mass is 10.0. The highest BCUT2D eigenvalue weighted by Crippen LogP contribution is 2.38. The minimum Gasteiger partial charge on any atom is -0.497 e. The third kappa shape index (κ3) is 4.75. The Morgan fingerprint density at radius 2 is 1.83 bits per heavy atom. The van der Waals surface area contributed by atoms with Crippen molar-refractivity contribution in [2.75, 3.05) is 7.11 Å². The van der Waals surface area contributed by atoms with Crippen molar-refractivity contribution in [2.24, 2.45) is 4.99 Å². The number of hydrogen-bond acceptors (Lipinski definition) is 5. The minimum absolute atomic E-state index is 0.151. The van der Waals surface area contributed by atoms with Crippen LogP contribution < -0.4 is 4.74 Å². The van der Waals surface area contributed by atoms with Gasteiger partial charge in [-0.15, -0.1) is 21.5 Å². The van der Waals surface area contributed by atoms with E-state index in [2.05, 4.69) is 65.0 Å². The average Bonchev–Trinajstić information content (AvgIpc) is 3.42. The Balaban J connectivity index is 1.52. The normalized spacial score (nSPS) is 14.5. The molecule has 2 aromatic heterocycles. The number of benzene rings is 2. The molecule has 7 heteroatoms. The lowest BCUT2D eigenvalue weighted by Gasteiger charge is -2.10. The second kappa shape index (κ2) is 10.0. The summed E-state index contributed by atoms with van der Waals surface area (Å²) >= 11 is 8.50. The Kier molecular flexibility index (Phi) is 6.82. The van der Waals surface area contributed by atoms with Crippen LogP contribution in [-0.2, 0) is 12.8 Å². The summed E-state index contributed by atoms with van der Waals surface area (Å²) in [6.45, 7) is 8.28. The molecule has 184 valence electrons. The van der Waals surface area contributed by atoms with Crippen LogP contribution in [-0.4, -0.2) is 27.6 Å². The van der Waals surface area contributed by atoms with Crippen LogP contribution >= 0.6 is 22.9 Å². The van der Waals surface area contributed by atoms with E-state index >= 15 is 0 Å². The highest BCUT2D eigenvalue weighted by molar-refractivity contribution is 7.15. The van der Waals surface area contributed by atoms with Crippen LogP contribution in [0, 0.1) is 6.92 Å². The van der Waals surface area contributed by atoms with Gasteiger partial charge >= 0.3 is 0 Å². The molecule has 0 radical (unpaired) electrons. The lowest BCUT2D eigenvalue weighted by molar-refractivity contribution is 0.415. The quantitative estimate of drug-likeness (QED) is 0.268. The van der Waals surface area contributed by atoms with Gasteiger partial charge in [-0.2, -0.15) is 0 Å². The van der Waals surface area contributed by atoms with Crippen LogP contribution in [0.1, 0.15) is 65.6 Å². The number of fused-ring (bicyclic) bond motifs is 3. The van der Waals surface area contributed by atoms with Crippen LogP contribution in [0.5, 0.6) is 5.75 Å². The monoisotopic (exact) mass is 516 g/mol. The van der Waals surface area contributed by atoms with Crippen molar-refractivity contribution >= 4 is 34.7 Å². The van der Waals surface area contributed by atoms with E-state index in [0.29, 0.717) is 5.02 Å². The highest BCUT2D eigenvalue weighted by Gasteiger charge is 2.28. The van der Waals surface area contributed by atoms with Crippen molar-refractivity contribution in [3.05, 3.63) is 97.9 Å². The Labute approximate surface area is 221 Å². The maximum Gasteiger partial charge on any atom is 0.162 e. The standard InChI is InChI=1S/C29H29ClN4OS/c1-17(2)14-21-8-6-20(7-9-21)10-12-23-16-25-27(24-13-11-22(35-5)15-26(24)30)31-18(3)28-33-32-19(4)34(28)29(25)36-23/h6-9,11,13-16,18H,10,12H2,1-5H3. The Hall–Kier alpha value is -3.22. The number of aromatic nitrogens is 3. The number of halogens is 1. The molecular formula is C29H29ClN4OS. The first-order valence-electron chi connectivity index (χ1n) is 12.0. The molecule has 36 heavy (non-hydrogen) atoms. The van der Waals surface area contributed by atoms with Gasteiger partial charge in [0.15, 0.2) is 5.82 Å². The molecule has 0 spiro atoms. The van der Waals surface area contributed by atoms with Crippen LogP contribution in [0.15, 0.2) is 59.1 Å². The molecule has 0 bridgehead atoms. The van der Waals surface area contributed by atoms with Gasteiger partial charge in [0, 0.05) is 16.0 Å². The first-order valence-corrected chi connectivity index (χ1v) is 13.2. The summed E-state index contributed by atoms with van der Waals surface area (Å²) in [7, 11) is 1.64. The number of hydrogen-bond donors (Lipinski definition) is 0. The number of aryl methyl sites for hydroxylation is 3. The lowest BCUT2D eigenvalue weighted by Crippen LogP contribution is -2.06. The number of allylic oxidation sites excluding steroid dienone is 1. The molecular weight excluding hydrogens is 488 g/mol. The van der Waals surface area contributed by atoms with Crippen molar-refractivity contribution < 1.29 is 4.74 Å². The van der Waals surface area contributed by atoms with Gasteiger partial charge in [-0.3, -0.25) is 9.56 Å². The first-order chi connectivity index (χ1) is 17.3. The van der Waals surface area contributed by atoms with E-state index in [1.165, 1.54) is 21.6 Å². The topological polar surface area (TPSA) is 52.3 Å². The smallest absolute Gasteiger partial charge is 0.162 e. The van der Waals surface area contributed by atoms with E-state index < -0.39 is 0 Å². The van der Waals surface area contributed by atoms with Crippen molar-refractivity contribution in [1.29, 1.82) is 0 Å². The summed E-state index contributed by atoms with van der Waals surface area (Å²) in [5.41, 5.74) is 6.70. The molecule has 1 unspecified atom stereocenters. The zero-order valence-corrected chi connectivity index (χ0v) is 22.7. The molecule has 0 N–H and O–H groups in total. The second-order valence-corrected chi connectivity index (χ2v) is 10.9. The van der Waals surface area contributed by atoms with Gasteiger partial charge in [-0.05, 0) is 75.9 Å². The van der Waals surface area contributed by atoms with E-state index in [-0.39, 0.29) is 6.04 Å². The fourth-order valence-electron chi connectivity index (χ4n) is 4.52. The molecule has 2 aromatic carbocycles. The maximum absolute atomic E-state index is 6.72. The predicted molar refractivity (Wildman–Crippen MR) is 149 cm³/mol. The zero-order valence-electron chi connectivity index (χ0n) is 21.2. The molecule has 0 saturated heterocycles. The third-order valence-electron chi connectivity index (χ3n) is 6.29. The molecule has 1 aliphatic rings. The summed E-state index contributed by atoms with van der Waals surface area (Å²) in [4.78, 5) is 6.38. The number of thiophene rings is 1. The van der Waals surface area contributed by atoms with E-state index in [0.717, 1.165) is 52.1 Å². The highest BCUT2D eigenvalue weighted by atomic mass is 35.5. The molecule has 4 aromatic rings. The van der Waals surface area contributed by atoms with Gasteiger partial charge in [-0.1, -0.05) is 47.5 Å². The van der Waals surface area contributed by atoms with Crippen molar-refractivity contribution in [1.82, 2.24) is 14.8 Å². The zero-order chi connectivity index (χ0) is 25.4. The summed E-state index contributed by atoms with van der Waals surface area (Å²) in [5, 5.41) is 10.5. The molecule has 1 atom stereocenters. The fourth-order valence-corrected chi connectivity index (χ4v) is 5.99. The summed E-state index contributed by atoms with van der Waals surface area (Å²) in [5.74, 6) is 2.43. The summed E-state index contributed by atoms with van der Waals surface area (Å²) in [6.07, 6.45) is 4.11. The van der Waals surface area contributed by atoms with Gasteiger partial charge in [0.2, 0.25) is 0 Å². The van der Waals surface area contributed by atoms with Gasteiger partial charge in [0.25, 0.3) is 0 Å². The Bertz CT molecular complexity index is 1480. The van der Waals surface area contributed by atoms with Gasteiger partial charge in [0.1, 0.15) is 22.6 Å². The average molecular weight is 517 g/mol. The Morgan fingerprint density at radius 3 is 2.53 bits per heavy atom. The van der Waals surface area contributed by atoms with E-state index in [1.54, 1.807) is 18.4 Å². The van der Waals surface area contributed by atoms with Gasteiger partial charge in [0.05, 0.1) is 17.8 Å². The molecule has 0 fully saturated rings. The van der Waals surface area contributed by atoms with E-state index in [4.69, 9.17) is 21.3 Å². The molecule has 3 heterocycles. The molecule has 5 rings (SSSR count). The van der Waals surface area contributed by atoms with E-state index in [1.807, 2.05) is 32.0 Å². The van der Waals surface area contributed by atoms with Crippen LogP contribution in [0.2, 0.25) is 5.02 Å². The maximum atomic E-state index is 6.72. The third-order valence-corrected chi connectivity index (χ3v) is 7.79. The van der Waals surface area contributed by atoms with E-state index in [9.17, 15) is 0 Å². The summed E-state index contributed by atoms with van der Waals surface area (Å²) < 4.78 is 7.51. The Morgan fingerprint density at radius 1 is 1.06 bits per heavy atom. The number of rotatable bonds is 6. The van der Waals surface area contributed by atoms with Gasteiger partial charge < -0.3 is 4.74 Å². The number of methoxy groups -OCH3 is 1. The van der Waals surface area contributed by atoms with Crippen molar-refractivity contribution in [3.8, 4) is 10.8 Å². The molecule has 1 aliphatic heterocycles. The molecule has 0 amide bonds. The number of aliphatic imine (C=N–C) groups is 1. The van der Waals surface area contributed by atoms with Crippen molar-refractivity contribution in [2.45, 2.75) is 46.6 Å². The summed E-state index contributed by atoms with van der Waals surface area (Å²) in [6, 6.07) is 16.7. The van der Waals surface area contributed by atoms with Crippen LogP contribution in [0.25, 0.3) is 11.1 Å². The predicted octanol–water partition coefficient (Wildman–Crippen LogP) is 7.42. The molecule has 0 saturated carbocycles. The first kappa shape index (κ1) is 24.5. The second-order valence-electron chi connectivity index (χ2n) is 9.34. The van der Waals surface area contributed by atoms with Gasteiger partial charge in [-0.25, -0.2) is 0 Å². The fraction of sp³-hybridized carbons (Fsp3) is 0.276. The SMILES string of the molecule is COc1ccc(C2=NC(C)c3nnc(C)n3-c3sc(CCc4ccc(C=C(C)C)cc4)cc32)c(Cl)c1. The van der Waals surface area contributed by atoms with Crippen LogP contribution in [0.3, 0.4) is 0 Å².